The zero-order valence-corrected chi connectivity index (χ0v) is 19.6. The number of nitrogens with one attached hydrogen (secondary N) is 1. The van der Waals surface area contributed by atoms with E-state index in [4.69, 9.17) is 4.74 Å². The minimum absolute atomic E-state index is 0.0583. The fourth-order valence-corrected chi connectivity index (χ4v) is 3.85. The zero-order chi connectivity index (χ0) is 23.1. The Hall–Kier alpha value is -2.96. The van der Waals surface area contributed by atoms with Crippen molar-refractivity contribution < 1.29 is 14.3 Å². The molecule has 0 saturated carbocycles. The van der Waals surface area contributed by atoms with Gasteiger partial charge >= 0.3 is 0 Å². The number of benzene rings is 1. The van der Waals surface area contributed by atoms with Crippen LogP contribution in [0.15, 0.2) is 36.8 Å². The molecule has 7 heteroatoms. The summed E-state index contributed by atoms with van der Waals surface area (Å²) in [6, 6.07) is 6.27. The first-order valence-electron chi connectivity index (χ1n) is 11.3. The summed E-state index contributed by atoms with van der Waals surface area (Å²) in [4.78, 5) is 35.2. The van der Waals surface area contributed by atoms with Crippen LogP contribution in [0.1, 0.15) is 61.1 Å². The lowest BCUT2D eigenvalue weighted by molar-refractivity contribution is -0.130. The van der Waals surface area contributed by atoms with E-state index < -0.39 is 5.41 Å². The largest absolute Gasteiger partial charge is 0.493 e. The Bertz CT molecular complexity index is 922. The van der Waals surface area contributed by atoms with Gasteiger partial charge in [-0.3, -0.25) is 14.6 Å². The third-order valence-electron chi connectivity index (χ3n) is 6.06. The number of piperidine rings is 1. The molecule has 1 aliphatic rings. The van der Waals surface area contributed by atoms with Crippen molar-refractivity contribution in [2.24, 2.45) is 5.41 Å². The second-order valence-electron chi connectivity index (χ2n) is 9.24. The summed E-state index contributed by atoms with van der Waals surface area (Å²) < 4.78 is 5.93. The number of ether oxygens (including phenoxy) is 1. The molecular formula is C25H34N4O3. The molecule has 172 valence electrons. The van der Waals surface area contributed by atoms with Gasteiger partial charge in [0.25, 0.3) is 5.91 Å². The lowest BCUT2D eigenvalue weighted by atomic mass is 9.86. The van der Waals surface area contributed by atoms with Gasteiger partial charge in [0.2, 0.25) is 5.91 Å². The molecule has 1 aromatic heterocycles. The Morgan fingerprint density at radius 1 is 1.19 bits per heavy atom. The van der Waals surface area contributed by atoms with E-state index in [0.717, 1.165) is 37.0 Å². The first-order chi connectivity index (χ1) is 15.3. The third kappa shape index (κ3) is 6.28. The van der Waals surface area contributed by atoms with Gasteiger partial charge < -0.3 is 15.0 Å². The van der Waals surface area contributed by atoms with Gasteiger partial charge in [0.1, 0.15) is 11.4 Å². The van der Waals surface area contributed by atoms with E-state index in [9.17, 15) is 9.59 Å². The van der Waals surface area contributed by atoms with Crippen LogP contribution >= 0.6 is 0 Å². The first-order valence-corrected chi connectivity index (χ1v) is 11.3. The Morgan fingerprint density at radius 2 is 1.94 bits per heavy atom. The van der Waals surface area contributed by atoms with Crippen molar-refractivity contribution in [1.29, 1.82) is 0 Å². The van der Waals surface area contributed by atoms with E-state index in [1.165, 1.54) is 18.0 Å². The molecule has 3 rings (SSSR count). The van der Waals surface area contributed by atoms with Gasteiger partial charge in [-0.2, -0.15) is 0 Å². The number of aryl methyl sites for hydroxylation is 2. The van der Waals surface area contributed by atoms with E-state index in [1.807, 2.05) is 20.8 Å². The van der Waals surface area contributed by atoms with E-state index >= 15 is 0 Å². The second kappa shape index (κ2) is 10.6. The minimum atomic E-state index is -0.475. The monoisotopic (exact) mass is 438 g/mol. The second-order valence-corrected chi connectivity index (χ2v) is 9.24. The molecule has 0 radical (unpaired) electrons. The molecule has 1 saturated heterocycles. The molecule has 2 aromatic rings. The van der Waals surface area contributed by atoms with Gasteiger partial charge in [-0.15, -0.1) is 0 Å². The van der Waals surface area contributed by atoms with Crippen LogP contribution < -0.4 is 10.1 Å². The molecule has 1 N–H and O–H groups in total. The van der Waals surface area contributed by atoms with Crippen LogP contribution in [0.3, 0.4) is 0 Å². The van der Waals surface area contributed by atoms with Crippen LogP contribution in [-0.2, 0) is 4.79 Å². The highest BCUT2D eigenvalue weighted by Crippen LogP contribution is 2.25. The summed E-state index contributed by atoms with van der Waals surface area (Å²) >= 11 is 0. The topological polar surface area (TPSA) is 84.4 Å². The normalized spacial score (nSPS) is 14.8. The Kier molecular flexibility index (Phi) is 7.83. The fraction of sp³-hybridized carbons (Fsp3) is 0.520. The molecule has 0 spiro atoms. The lowest BCUT2D eigenvalue weighted by Gasteiger charge is -2.34. The summed E-state index contributed by atoms with van der Waals surface area (Å²) in [5.41, 5.74) is 2.18. The lowest BCUT2D eigenvalue weighted by Crippen LogP contribution is -2.49. The summed E-state index contributed by atoms with van der Waals surface area (Å²) in [5, 5.41) is 3.19. The minimum Gasteiger partial charge on any atom is -0.493 e. The average Bonchev–Trinajstić information content (AvgIpc) is 2.79. The standard InChI is InChI=1S/C25H34N4O3/c1-18-6-7-19(2)22(16-18)32-15-5-10-25(3,4)24(31)28-20-8-13-29(14-9-20)23(30)21-17-26-11-12-27-21/h6-7,11-12,16-17,20H,5,8-10,13-15H2,1-4H3,(H,28,31). The quantitative estimate of drug-likeness (QED) is 0.636. The third-order valence-corrected chi connectivity index (χ3v) is 6.06. The van der Waals surface area contributed by atoms with E-state index in [1.54, 1.807) is 11.1 Å². The molecule has 0 atom stereocenters. The Labute approximate surface area is 190 Å². The number of nitrogens with zero attached hydrogens (tertiary/aromatic N) is 3. The van der Waals surface area contributed by atoms with Crippen LogP contribution in [0.25, 0.3) is 0 Å². The van der Waals surface area contributed by atoms with Gasteiger partial charge in [-0.1, -0.05) is 26.0 Å². The summed E-state index contributed by atoms with van der Waals surface area (Å²) in [6.07, 6.45) is 7.59. The number of amides is 2. The Morgan fingerprint density at radius 3 is 2.62 bits per heavy atom. The van der Waals surface area contributed by atoms with E-state index in [2.05, 4.69) is 40.4 Å². The zero-order valence-electron chi connectivity index (χ0n) is 19.6. The van der Waals surface area contributed by atoms with Crippen molar-refractivity contribution in [2.45, 2.75) is 59.4 Å². The molecule has 1 aliphatic heterocycles. The molecule has 1 aromatic carbocycles. The highest BCUT2D eigenvalue weighted by Gasteiger charge is 2.31. The number of likely N-dealkylation sites (tertiary alicyclic amines) is 1. The van der Waals surface area contributed by atoms with Gasteiger partial charge in [0, 0.05) is 36.9 Å². The fourth-order valence-electron chi connectivity index (χ4n) is 3.85. The number of aromatic nitrogens is 2. The number of hydrogen-bond acceptors (Lipinski definition) is 5. The number of rotatable bonds is 8. The molecule has 7 nitrogen and oxygen atoms in total. The molecule has 2 heterocycles. The molecule has 1 fully saturated rings. The smallest absolute Gasteiger partial charge is 0.274 e. The first kappa shape index (κ1) is 23.7. The summed E-state index contributed by atoms with van der Waals surface area (Å²) in [7, 11) is 0. The predicted molar refractivity (Wildman–Crippen MR) is 124 cm³/mol. The number of hydrogen-bond donors (Lipinski definition) is 1. The summed E-state index contributed by atoms with van der Waals surface area (Å²) in [5.74, 6) is 0.866. The molecule has 0 unspecified atom stereocenters. The number of carbonyl (C=O) groups excluding carboxylic acids is 2. The van der Waals surface area contributed by atoms with Gasteiger partial charge in [0.05, 0.1) is 12.8 Å². The van der Waals surface area contributed by atoms with Gasteiger partial charge in [-0.25, -0.2) is 4.98 Å². The molecule has 2 amide bonds. The maximum Gasteiger partial charge on any atom is 0.274 e. The van der Waals surface area contributed by atoms with Crippen LogP contribution in [0.2, 0.25) is 0 Å². The number of carbonyl (C=O) groups is 2. The van der Waals surface area contributed by atoms with Gasteiger partial charge in [-0.05, 0) is 56.7 Å². The van der Waals surface area contributed by atoms with Crippen molar-refractivity contribution in [3.8, 4) is 5.75 Å². The van der Waals surface area contributed by atoms with Crippen LogP contribution in [-0.4, -0.2) is 52.4 Å². The molecule has 32 heavy (non-hydrogen) atoms. The summed E-state index contributed by atoms with van der Waals surface area (Å²) in [6.45, 7) is 9.84. The van der Waals surface area contributed by atoms with Crippen LogP contribution in [0.5, 0.6) is 5.75 Å². The van der Waals surface area contributed by atoms with Crippen LogP contribution in [0.4, 0.5) is 0 Å². The van der Waals surface area contributed by atoms with Gasteiger partial charge in [0.15, 0.2) is 0 Å². The van der Waals surface area contributed by atoms with Crippen LogP contribution in [0, 0.1) is 19.3 Å². The van der Waals surface area contributed by atoms with Crippen molar-refractivity contribution in [3.05, 3.63) is 53.6 Å². The van der Waals surface area contributed by atoms with Crippen molar-refractivity contribution >= 4 is 11.8 Å². The maximum atomic E-state index is 12.9. The highest BCUT2D eigenvalue weighted by atomic mass is 16.5. The highest BCUT2D eigenvalue weighted by molar-refractivity contribution is 5.92. The maximum absolute atomic E-state index is 12.9. The van der Waals surface area contributed by atoms with Crippen molar-refractivity contribution in [3.63, 3.8) is 0 Å². The average molecular weight is 439 g/mol. The SMILES string of the molecule is Cc1ccc(C)c(OCCCC(C)(C)C(=O)NC2CCN(C(=O)c3cnccn3)CC2)c1. The van der Waals surface area contributed by atoms with E-state index in [-0.39, 0.29) is 17.9 Å². The van der Waals surface area contributed by atoms with Crippen molar-refractivity contribution in [1.82, 2.24) is 20.2 Å². The van der Waals surface area contributed by atoms with E-state index in [0.29, 0.717) is 25.4 Å². The predicted octanol–water partition coefficient (Wildman–Crippen LogP) is 3.70. The van der Waals surface area contributed by atoms with Crippen molar-refractivity contribution in [2.75, 3.05) is 19.7 Å². The molecule has 0 bridgehead atoms. The molecule has 0 aliphatic carbocycles. The molecular weight excluding hydrogens is 404 g/mol. The Balaban J connectivity index is 1.41.